The lowest BCUT2D eigenvalue weighted by Gasteiger charge is -2.16. The third-order valence-electron chi connectivity index (χ3n) is 3.03. The van der Waals surface area contributed by atoms with Crippen LogP contribution in [0.5, 0.6) is 0 Å². The lowest BCUT2D eigenvalue weighted by atomic mass is 10.2. The van der Waals surface area contributed by atoms with Crippen molar-refractivity contribution in [2.24, 2.45) is 0 Å². The van der Waals surface area contributed by atoms with E-state index in [0.717, 1.165) is 31.4 Å². The van der Waals surface area contributed by atoms with E-state index in [1.54, 1.807) is 0 Å². The van der Waals surface area contributed by atoms with Crippen LogP contribution in [0.4, 0.5) is 0 Å². The number of pyridine rings is 1. The molecule has 98 valence electrons. The van der Waals surface area contributed by atoms with Crippen molar-refractivity contribution in [3.8, 4) is 0 Å². The van der Waals surface area contributed by atoms with Crippen LogP contribution in [-0.4, -0.2) is 29.5 Å². The first-order valence-corrected chi connectivity index (χ1v) is 6.63. The molecule has 1 aromatic heterocycles. The Balaban J connectivity index is 1.80. The minimum absolute atomic E-state index is 0.756. The molecule has 2 rings (SSSR count). The van der Waals surface area contributed by atoms with Crippen LogP contribution in [0.2, 0.25) is 0 Å². The van der Waals surface area contributed by atoms with E-state index < -0.39 is 0 Å². The molecule has 0 unspecified atom stereocenters. The largest absolute Gasteiger partial charge is 0.310 e. The first kappa shape index (κ1) is 13.2. The van der Waals surface area contributed by atoms with E-state index in [0.29, 0.717) is 0 Å². The normalized spacial score (nSPS) is 15.1. The van der Waals surface area contributed by atoms with Gasteiger partial charge in [-0.3, -0.25) is 9.88 Å². The van der Waals surface area contributed by atoms with E-state index in [2.05, 4.69) is 47.9 Å². The summed E-state index contributed by atoms with van der Waals surface area (Å²) < 4.78 is 0. The van der Waals surface area contributed by atoms with E-state index in [4.69, 9.17) is 0 Å². The number of nitrogens with zero attached hydrogens (tertiary/aromatic N) is 2. The van der Waals surface area contributed by atoms with Crippen molar-refractivity contribution >= 4 is 0 Å². The average molecular weight is 245 g/mol. The predicted molar refractivity (Wildman–Crippen MR) is 75.2 cm³/mol. The third kappa shape index (κ3) is 4.59. The maximum absolute atomic E-state index is 4.51. The predicted octanol–water partition coefficient (Wildman–Crippen LogP) is 2.34. The Morgan fingerprint density at radius 1 is 1.50 bits per heavy atom. The van der Waals surface area contributed by atoms with E-state index >= 15 is 0 Å². The van der Waals surface area contributed by atoms with E-state index in [1.165, 1.54) is 24.0 Å². The first-order valence-electron chi connectivity index (χ1n) is 6.63. The Bertz CT molecular complexity index is 393. The van der Waals surface area contributed by atoms with Gasteiger partial charge in [-0.2, -0.15) is 0 Å². The molecule has 1 heterocycles. The molecule has 0 aromatic carbocycles. The van der Waals surface area contributed by atoms with Crippen molar-refractivity contribution in [3.63, 3.8) is 0 Å². The summed E-state index contributed by atoms with van der Waals surface area (Å²) in [7, 11) is 2.10. The fourth-order valence-electron chi connectivity index (χ4n) is 2.00. The van der Waals surface area contributed by atoms with Crippen LogP contribution in [0.3, 0.4) is 0 Å². The fraction of sp³-hybridized carbons (Fsp3) is 0.533. The first-order chi connectivity index (χ1) is 8.63. The summed E-state index contributed by atoms with van der Waals surface area (Å²) in [5.74, 6) is 0. The monoisotopic (exact) mass is 245 g/mol. The van der Waals surface area contributed by atoms with Crippen LogP contribution >= 0.6 is 0 Å². The number of hydrogen-bond donors (Lipinski definition) is 1. The van der Waals surface area contributed by atoms with E-state index in [1.807, 2.05) is 6.20 Å². The van der Waals surface area contributed by atoms with Crippen LogP contribution in [0.15, 0.2) is 30.5 Å². The molecular weight excluding hydrogens is 222 g/mol. The maximum atomic E-state index is 4.51. The van der Waals surface area contributed by atoms with Crippen molar-refractivity contribution in [2.45, 2.75) is 38.9 Å². The van der Waals surface area contributed by atoms with Crippen molar-refractivity contribution < 1.29 is 0 Å². The number of rotatable bonds is 7. The van der Waals surface area contributed by atoms with Crippen LogP contribution in [0, 0.1) is 0 Å². The zero-order valence-electron chi connectivity index (χ0n) is 11.4. The van der Waals surface area contributed by atoms with Gasteiger partial charge >= 0.3 is 0 Å². The Hall–Kier alpha value is -1.19. The van der Waals surface area contributed by atoms with Gasteiger partial charge in [-0.05, 0) is 38.4 Å². The quantitative estimate of drug-likeness (QED) is 0.747. The van der Waals surface area contributed by atoms with Crippen LogP contribution in [0.25, 0.3) is 0 Å². The molecule has 3 heteroatoms. The third-order valence-corrected chi connectivity index (χ3v) is 3.03. The molecule has 0 radical (unpaired) electrons. The van der Waals surface area contributed by atoms with Crippen LogP contribution < -0.4 is 5.32 Å². The number of hydrogen-bond acceptors (Lipinski definition) is 3. The van der Waals surface area contributed by atoms with Crippen molar-refractivity contribution in [1.82, 2.24) is 15.2 Å². The molecular formula is C15H23N3. The minimum atomic E-state index is 0.756. The second-order valence-electron chi connectivity index (χ2n) is 5.44. The zero-order chi connectivity index (χ0) is 13.0. The van der Waals surface area contributed by atoms with Gasteiger partial charge in [0.2, 0.25) is 0 Å². The molecule has 0 amide bonds. The Labute approximate surface area is 110 Å². The number of aromatic nitrogens is 1. The van der Waals surface area contributed by atoms with Crippen molar-refractivity contribution in [1.29, 1.82) is 0 Å². The zero-order valence-corrected chi connectivity index (χ0v) is 11.4. The average Bonchev–Trinajstić information content (AvgIpc) is 3.11. The van der Waals surface area contributed by atoms with Gasteiger partial charge in [0.15, 0.2) is 0 Å². The standard InChI is InChI=1S/C15H23N3/c1-12(2)10-18(3)11-15-5-4-13(9-17-15)8-16-14-6-7-14/h4-5,9,14,16H,1,6-8,10-11H2,2-3H3. The molecule has 1 aliphatic carbocycles. The van der Waals surface area contributed by atoms with Gasteiger partial charge in [0.25, 0.3) is 0 Å². The second kappa shape index (κ2) is 6.12. The summed E-state index contributed by atoms with van der Waals surface area (Å²) in [6, 6.07) is 5.05. The van der Waals surface area contributed by atoms with E-state index in [9.17, 15) is 0 Å². The highest BCUT2D eigenvalue weighted by molar-refractivity contribution is 5.14. The van der Waals surface area contributed by atoms with Crippen molar-refractivity contribution in [3.05, 3.63) is 41.7 Å². The highest BCUT2D eigenvalue weighted by Crippen LogP contribution is 2.19. The number of nitrogens with one attached hydrogen (secondary N) is 1. The Morgan fingerprint density at radius 3 is 2.83 bits per heavy atom. The van der Waals surface area contributed by atoms with Gasteiger partial charge in [0.05, 0.1) is 5.69 Å². The molecule has 3 nitrogen and oxygen atoms in total. The Morgan fingerprint density at radius 2 is 2.28 bits per heavy atom. The summed E-state index contributed by atoms with van der Waals surface area (Å²) in [6.07, 6.45) is 4.65. The van der Waals surface area contributed by atoms with Crippen LogP contribution in [0.1, 0.15) is 31.0 Å². The fourth-order valence-corrected chi connectivity index (χ4v) is 2.00. The van der Waals surface area contributed by atoms with Gasteiger partial charge < -0.3 is 5.32 Å². The summed E-state index contributed by atoms with van der Waals surface area (Å²) in [5, 5.41) is 3.50. The molecule has 1 fully saturated rings. The minimum Gasteiger partial charge on any atom is -0.310 e. The smallest absolute Gasteiger partial charge is 0.0544 e. The molecule has 0 aliphatic heterocycles. The Kier molecular flexibility index (Phi) is 4.50. The molecule has 18 heavy (non-hydrogen) atoms. The molecule has 0 bridgehead atoms. The lowest BCUT2D eigenvalue weighted by molar-refractivity contribution is 0.351. The topological polar surface area (TPSA) is 28.2 Å². The van der Waals surface area contributed by atoms with Gasteiger partial charge in [0.1, 0.15) is 0 Å². The van der Waals surface area contributed by atoms with E-state index in [-0.39, 0.29) is 0 Å². The highest BCUT2D eigenvalue weighted by atomic mass is 15.1. The van der Waals surface area contributed by atoms with Crippen LogP contribution in [-0.2, 0) is 13.1 Å². The maximum Gasteiger partial charge on any atom is 0.0544 e. The van der Waals surface area contributed by atoms with Gasteiger partial charge in [-0.25, -0.2) is 0 Å². The summed E-state index contributed by atoms with van der Waals surface area (Å²) in [4.78, 5) is 6.74. The summed E-state index contributed by atoms with van der Waals surface area (Å²) >= 11 is 0. The van der Waals surface area contributed by atoms with Gasteiger partial charge in [-0.1, -0.05) is 18.2 Å². The molecule has 1 aromatic rings. The molecule has 1 saturated carbocycles. The van der Waals surface area contributed by atoms with Gasteiger partial charge in [0, 0.05) is 31.9 Å². The molecule has 0 atom stereocenters. The molecule has 1 N–H and O–H groups in total. The summed E-state index contributed by atoms with van der Waals surface area (Å²) in [5.41, 5.74) is 3.57. The summed E-state index contributed by atoms with van der Waals surface area (Å²) in [6.45, 7) is 8.72. The SMILES string of the molecule is C=C(C)CN(C)Cc1ccc(CNC2CC2)cn1. The van der Waals surface area contributed by atoms with Crippen molar-refractivity contribution in [2.75, 3.05) is 13.6 Å². The highest BCUT2D eigenvalue weighted by Gasteiger charge is 2.19. The molecule has 0 spiro atoms. The second-order valence-corrected chi connectivity index (χ2v) is 5.44. The molecule has 0 saturated heterocycles. The van der Waals surface area contributed by atoms with Gasteiger partial charge in [-0.15, -0.1) is 0 Å². The molecule has 1 aliphatic rings. The lowest BCUT2D eigenvalue weighted by Crippen LogP contribution is -2.20. The number of likely N-dealkylation sites (N-methyl/N-ethyl adjacent to an activating group) is 1.